The van der Waals surface area contributed by atoms with Crippen molar-refractivity contribution in [2.24, 2.45) is 0 Å². The summed E-state index contributed by atoms with van der Waals surface area (Å²) in [6.07, 6.45) is 3.51. The highest BCUT2D eigenvalue weighted by atomic mass is 35.5. The number of hydrogen-bond acceptors (Lipinski definition) is 3. The number of nitrogens with zero attached hydrogens (tertiary/aromatic N) is 2. The van der Waals surface area contributed by atoms with Crippen LogP contribution in [0.4, 0.5) is 0 Å². The maximum absolute atomic E-state index is 9.41. The third-order valence-electron chi connectivity index (χ3n) is 2.93. The standard InChI is InChI=1S/C16H9ClN2S/c17-12-4-5-16-14(8-12)15(10-20-16)11(9-18)7-13-3-1-2-6-19-13/h1-8,10H/b11-7-. The number of thiophene rings is 1. The lowest BCUT2D eigenvalue weighted by Crippen LogP contribution is -1.82. The molecule has 0 atom stereocenters. The fraction of sp³-hybridized carbons (Fsp3) is 0. The van der Waals surface area contributed by atoms with E-state index < -0.39 is 0 Å². The second kappa shape index (κ2) is 5.46. The highest BCUT2D eigenvalue weighted by Gasteiger charge is 2.09. The molecule has 0 bridgehead atoms. The van der Waals surface area contributed by atoms with E-state index in [0.717, 1.165) is 21.3 Å². The van der Waals surface area contributed by atoms with Gasteiger partial charge in [0, 0.05) is 32.2 Å². The zero-order valence-corrected chi connectivity index (χ0v) is 11.9. The highest BCUT2D eigenvalue weighted by Crippen LogP contribution is 2.33. The monoisotopic (exact) mass is 296 g/mol. The smallest absolute Gasteiger partial charge is 0.0999 e. The summed E-state index contributed by atoms with van der Waals surface area (Å²) in [5.74, 6) is 0. The van der Waals surface area contributed by atoms with Crippen LogP contribution in [0.15, 0.2) is 48.0 Å². The molecule has 96 valence electrons. The maximum Gasteiger partial charge on any atom is 0.0999 e. The third-order valence-corrected chi connectivity index (χ3v) is 4.12. The molecule has 0 N–H and O–H groups in total. The number of fused-ring (bicyclic) bond motifs is 1. The van der Waals surface area contributed by atoms with Gasteiger partial charge in [-0.25, -0.2) is 0 Å². The van der Waals surface area contributed by atoms with Gasteiger partial charge in [-0.2, -0.15) is 5.26 Å². The number of aromatic nitrogens is 1. The largest absolute Gasteiger partial charge is 0.257 e. The van der Waals surface area contributed by atoms with Gasteiger partial charge in [0.25, 0.3) is 0 Å². The van der Waals surface area contributed by atoms with Gasteiger partial charge in [-0.1, -0.05) is 17.7 Å². The van der Waals surface area contributed by atoms with E-state index >= 15 is 0 Å². The predicted octanol–water partition coefficient (Wildman–Crippen LogP) is 5.01. The Labute approximate surface area is 125 Å². The third kappa shape index (κ3) is 2.44. The van der Waals surface area contributed by atoms with E-state index in [4.69, 9.17) is 11.6 Å². The Morgan fingerprint density at radius 2 is 2.20 bits per heavy atom. The molecule has 3 aromatic rings. The van der Waals surface area contributed by atoms with Gasteiger partial charge in [-0.05, 0) is 36.4 Å². The van der Waals surface area contributed by atoms with Gasteiger partial charge in [0.05, 0.1) is 17.3 Å². The van der Waals surface area contributed by atoms with Crippen molar-refractivity contribution < 1.29 is 0 Å². The van der Waals surface area contributed by atoms with Crippen LogP contribution >= 0.6 is 22.9 Å². The molecule has 0 saturated heterocycles. The predicted molar refractivity (Wildman–Crippen MR) is 84.6 cm³/mol. The van der Waals surface area contributed by atoms with E-state index in [2.05, 4.69) is 11.1 Å². The summed E-state index contributed by atoms with van der Waals surface area (Å²) in [7, 11) is 0. The first-order valence-corrected chi connectivity index (χ1v) is 7.23. The van der Waals surface area contributed by atoms with Crippen LogP contribution in [0.5, 0.6) is 0 Å². The van der Waals surface area contributed by atoms with E-state index in [-0.39, 0.29) is 0 Å². The van der Waals surface area contributed by atoms with Crippen molar-refractivity contribution >= 4 is 44.7 Å². The lowest BCUT2D eigenvalue weighted by Gasteiger charge is -1.99. The van der Waals surface area contributed by atoms with Crippen LogP contribution < -0.4 is 0 Å². The Balaban J connectivity index is 2.16. The van der Waals surface area contributed by atoms with Gasteiger partial charge in [-0.15, -0.1) is 11.3 Å². The number of benzene rings is 1. The van der Waals surface area contributed by atoms with Gasteiger partial charge in [0.15, 0.2) is 0 Å². The van der Waals surface area contributed by atoms with Crippen LogP contribution in [0, 0.1) is 11.3 Å². The number of allylic oxidation sites excluding steroid dienone is 1. The van der Waals surface area contributed by atoms with Crippen LogP contribution in [-0.2, 0) is 0 Å². The topological polar surface area (TPSA) is 36.7 Å². The van der Waals surface area contributed by atoms with Gasteiger partial charge < -0.3 is 0 Å². The Hall–Kier alpha value is -2.15. The van der Waals surface area contributed by atoms with Crippen LogP contribution in [0.3, 0.4) is 0 Å². The van der Waals surface area contributed by atoms with Gasteiger partial charge in [0.2, 0.25) is 0 Å². The zero-order chi connectivity index (χ0) is 13.9. The maximum atomic E-state index is 9.41. The summed E-state index contributed by atoms with van der Waals surface area (Å²) < 4.78 is 1.12. The molecule has 0 aliphatic carbocycles. The molecule has 0 radical (unpaired) electrons. The van der Waals surface area contributed by atoms with Crippen LogP contribution in [-0.4, -0.2) is 4.98 Å². The van der Waals surface area contributed by atoms with Crippen molar-refractivity contribution in [3.63, 3.8) is 0 Å². The second-order valence-electron chi connectivity index (χ2n) is 4.21. The van der Waals surface area contributed by atoms with Crippen LogP contribution in [0.25, 0.3) is 21.7 Å². The molecule has 2 nitrogen and oxygen atoms in total. The summed E-state index contributed by atoms with van der Waals surface area (Å²) in [5.41, 5.74) is 2.27. The molecule has 0 aliphatic rings. The van der Waals surface area contributed by atoms with E-state index in [1.165, 1.54) is 0 Å². The first-order valence-electron chi connectivity index (χ1n) is 5.98. The molecule has 0 fully saturated rings. The molecule has 20 heavy (non-hydrogen) atoms. The quantitative estimate of drug-likeness (QED) is 0.623. The average molecular weight is 297 g/mol. The molecular formula is C16H9ClN2S. The summed E-state index contributed by atoms with van der Waals surface area (Å²) >= 11 is 7.65. The molecule has 0 aliphatic heterocycles. The van der Waals surface area contributed by atoms with Crippen LogP contribution in [0.1, 0.15) is 11.3 Å². The molecule has 0 saturated carbocycles. The van der Waals surface area contributed by atoms with Crippen molar-refractivity contribution in [3.8, 4) is 6.07 Å². The summed E-state index contributed by atoms with van der Waals surface area (Å²) in [4.78, 5) is 4.22. The van der Waals surface area contributed by atoms with E-state index in [0.29, 0.717) is 10.6 Å². The van der Waals surface area contributed by atoms with Crippen molar-refractivity contribution in [2.45, 2.75) is 0 Å². The molecule has 3 rings (SSSR count). The Kier molecular flexibility index (Phi) is 3.51. The number of rotatable bonds is 2. The Bertz CT molecular complexity index is 829. The van der Waals surface area contributed by atoms with Gasteiger partial charge in [-0.3, -0.25) is 4.98 Å². The zero-order valence-electron chi connectivity index (χ0n) is 10.4. The van der Waals surface area contributed by atoms with Crippen molar-refractivity contribution in [1.29, 1.82) is 5.26 Å². The molecular weight excluding hydrogens is 288 g/mol. The fourth-order valence-electron chi connectivity index (χ4n) is 1.99. The van der Waals surface area contributed by atoms with Crippen molar-refractivity contribution in [1.82, 2.24) is 4.98 Å². The summed E-state index contributed by atoms with van der Waals surface area (Å²) in [6.45, 7) is 0. The minimum Gasteiger partial charge on any atom is -0.257 e. The van der Waals surface area contributed by atoms with E-state index in [1.807, 2.05) is 41.8 Å². The number of hydrogen-bond donors (Lipinski definition) is 0. The highest BCUT2D eigenvalue weighted by molar-refractivity contribution is 7.17. The van der Waals surface area contributed by atoms with Crippen molar-refractivity contribution in [3.05, 3.63) is 64.3 Å². The number of pyridine rings is 1. The lowest BCUT2D eigenvalue weighted by molar-refractivity contribution is 1.30. The Morgan fingerprint density at radius 3 is 2.95 bits per heavy atom. The van der Waals surface area contributed by atoms with Crippen molar-refractivity contribution in [2.75, 3.05) is 0 Å². The SMILES string of the molecule is N#C/C(=C/c1ccccn1)c1csc2ccc(Cl)cc12. The molecule has 2 heterocycles. The molecule has 2 aromatic heterocycles. The Morgan fingerprint density at radius 1 is 1.30 bits per heavy atom. The summed E-state index contributed by atoms with van der Waals surface area (Å²) in [5, 5.41) is 13.1. The molecule has 1 aromatic carbocycles. The van der Waals surface area contributed by atoms with Gasteiger partial charge >= 0.3 is 0 Å². The van der Waals surface area contributed by atoms with E-state index in [1.54, 1.807) is 23.6 Å². The van der Waals surface area contributed by atoms with E-state index in [9.17, 15) is 5.26 Å². The van der Waals surface area contributed by atoms with Crippen LogP contribution in [0.2, 0.25) is 5.02 Å². The fourth-order valence-corrected chi connectivity index (χ4v) is 3.10. The normalized spacial score (nSPS) is 11.5. The second-order valence-corrected chi connectivity index (χ2v) is 5.56. The average Bonchev–Trinajstić information content (AvgIpc) is 2.89. The first-order chi connectivity index (χ1) is 9.78. The molecule has 0 unspecified atom stereocenters. The minimum atomic E-state index is 0.595. The number of nitriles is 1. The molecule has 0 amide bonds. The van der Waals surface area contributed by atoms with Gasteiger partial charge in [0.1, 0.15) is 0 Å². The minimum absolute atomic E-state index is 0.595. The summed E-state index contributed by atoms with van der Waals surface area (Å²) in [6, 6.07) is 13.6. The molecule has 0 spiro atoms. The number of halogens is 1. The first kappa shape index (κ1) is 12.9. The molecule has 4 heteroatoms. The lowest BCUT2D eigenvalue weighted by atomic mass is 10.0.